The van der Waals surface area contributed by atoms with E-state index in [0.717, 1.165) is 15.1 Å². The highest BCUT2D eigenvalue weighted by atomic mass is 32.2. The standard InChI is InChI=1S/C9H9NOS2/c1-10-5-7(12-2)8(11)9-6(10)3-4-13-9/h3-5H,1-2H3. The van der Waals surface area contributed by atoms with E-state index >= 15 is 0 Å². The van der Waals surface area contributed by atoms with Gasteiger partial charge in [0.05, 0.1) is 15.1 Å². The van der Waals surface area contributed by atoms with E-state index < -0.39 is 0 Å². The van der Waals surface area contributed by atoms with Crippen LogP contribution in [0.4, 0.5) is 0 Å². The lowest BCUT2D eigenvalue weighted by atomic mass is 10.4. The van der Waals surface area contributed by atoms with Gasteiger partial charge in [0.15, 0.2) is 0 Å². The van der Waals surface area contributed by atoms with Crippen LogP contribution in [-0.2, 0) is 7.05 Å². The molecule has 0 fully saturated rings. The van der Waals surface area contributed by atoms with Crippen molar-refractivity contribution in [3.8, 4) is 0 Å². The van der Waals surface area contributed by atoms with Gasteiger partial charge in [0, 0.05) is 13.2 Å². The van der Waals surface area contributed by atoms with Crippen molar-refractivity contribution in [1.82, 2.24) is 4.57 Å². The molecule has 2 aromatic rings. The predicted octanol–water partition coefficient (Wildman–Crippen LogP) is 2.32. The molecule has 0 bridgehead atoms. The first-order valence-corrected chi connectivity index (χ1v) is 5.95. The minimum Gasteiger partial charge on any atom is -0.349 e. The normalized spacial score (nSPS) is 10.9. The number of nitrogens with zero attached hydrogens (tertiary/aromatic N) is 1. The van der Waals surface area contributed by atoms with E-state index in [1.807, 2.05) is 35.5 Å². The molecular weight excluding hydrogens is 202 g/mol. The van der Waals surface area contributed by atoms with Gasteiger partial charge < -0.3 is 4.57 Å². The van der Waals surface area contributed by atoms with Gasteiger partial charge >= 0.3 is 0 Å². The van der Waals surface area contributed by atoms with Gasteiger partial charge in [-0.25, -0.2) is 0 Å². The van der Waals surface area contributed by atoms with Crippen molar-refractivity contribution in [3.05, 3.63) is 27.9 Å². The first-order valence-electron chi connectivity index (χ1n) is 3.85. The molecule has 4 heteroatoms. The molecule has 0 aliphatic rings. The molecule has 0 aliphatic heterocycles. The number of thioether (sulfide) groups is 1. The van der Waals surface area contributed by atoms with Crippen LogP contribution in [0.15, 0.2) is 27.3 Å². The van der Waals surface area contributed by atoms with Crippen LogP contribution in [0.25, 0.3) is 10.2 Å². The lowest BCUT2D eigenvalue weighted by molar-refractivity contribution is 0.927. The Morgan fingerprint density at radius 2 is 2.31 bits per heavy atom. The monoisotopic (exact) mass is 211 g/mol. The van der Waals surface area contributed by atoms with E-state index in [9.17, 15) is 4.79 Å². The second kappa shape index (κ2) is 3.20. The highest BCUT2D eigenvalue weighted by molar-refractivity contribution is 7.98. The maximum Gasteiger partial charge on any atom is 0.212 e. The van der Waals surface area contributed by atoms with Gasteiger partial charge in [0.2, 0.25) is 5.43 Å². The summed E-state index contributed by atoms with van der Waals surface area (Å²) in [6, 6.07) is 1.98. The zero-order chi connectivity index (χ0) is 9.42. The summed E-state index contributed by atoms with van der Waals surface area (Å²) in [6.07, 6.45) is 3.82. The fraction of sp³-hybridized carbons (Fsp3) is 0.222. The van der Waals surface area contributed by atoms with Crippen LogP contribution >= 0.6 is 23.1 Å². The van der Waals surface area contributed by atoms with Gasteiger partial charge in [0.25, 0.3) is 0 Å². The number of rotatable bonds is 1. The van der Waals surface area contributed by atoms with Crippen LogP contribution in [0.5, 0.6) is 0 Å². The van der Waals surface area contributed by atoms with E-state index in [2.05, 4.69) is 0 Å². The largest absolute Gasteiger partial charge is 0.349 e. The summed E-state index contributed by atoms with van der Waals surface area (Å²) >= 11 is 3.01. The zero-order valence-corrected chi connectivity index (χ0v) is 9.04. The Hall–Kier alpha value is -0.740. The van der Waals surface area contributed by atoms with E-state index in [-0.39, 0.29) is 5.43 Å². The SMILES string of the molecule is CSc1cn(C)c2ccsc2c1=O. The fourth-order valence-corrected chi connectivity index (χ4v) is 2.81. The molecule has 13 heavy (non-hydrogen) atoms. The molecule has 2 heterocycles. The van der Waals surface area contributed by atoms with Crippen LogP contribution in [0.2, 0.25) is 0 Å². The Balaban J connectivity index is 2.94. The Labute approximate surface area is 84.2 Å². The molecule has 2 rings (SSSR count). The second-order valence-corrected chi connectivity index (χ2v) is 4.54. The molecule has 0 unspecified atom stereocenters. The van der Waals surface area contributed by atoms with Crippen LogP contribution in [0, 0.1) is 0 Å². The molecule has 2 nitrogen and oxygen atoms in total. The maximum absolute atomic E-state index is 11.7. The molecular formula is C9H9NOS2. The summed E-state index contributed by atoms with van der Waals surface area (Å²) in [5, 5.41) is 1.95. The van der Waals surface area contributed by atoms with Crippen molar-refractivity contribution in [3.63, 3.8) is 0 Å². The average Bonchev–Trinajstić information content (AvgIpc) is 2.60. The van der Waals surface area contributed by atoms with Crippen LogP contribution in [0.1, 0.15) is 0 Å². The molecule has 0 saturated heterocycles. The van der Waals surface area contributed by atoms with Crippen LogP contribution in [-0.4, -0.2) is 10.8 Å². The summed E-state index contributed by atoms with van der Waals surface area (Å²) in [5.41, 5.74) is 1.18. The summed E-state index contributed by atoms with van der Waals surface area (Å²) in [4.78, 5) is 12.6. The van der Waals surface area contributed by atoms with Gasteiger partial charge in [0.1, 0.15) is 0 Å². The van der Waals surface area contributed by atoms with Crippen molar-refractivity contribution in [1.29, 1.82) is 0 Å². The third-order valence-corrected chi connectivity index (χ3v) is 3.62. The topological polar surface area (TPSA) is 22.0 Å². The average molecular weight is 211 g/mol. The number of hydrogen-bond donors (Lipinski definition) is 0. The highest BCUT2D eigenvalue weighted by Crippen LogP contribution is 2.20. The van der Waals surface area contributed by atoms with Crippen molar-refractivity contribution in [2.75, 3.05) is 6.26 Å². The lowest BCUT2D eigenvalue weighted by Gasteiger charge is -2.02. The lowest BCUT2D eigenvalue weighted by Crippen LogP contribution is -2.06. The smallest absolute Gasteiger partial charge is 0.212 e. The Morgan fingerprint density at radius 1 is 1.54 bits per heavy atom. The molecule has 0 saturated carbocycles. The molecule has 68 valence electrons. The Kier molecular flexibility index (Phi) is 2.17. The van der Waals surface area contributed by atoms with Gasteiger partial charge in [-0.1, -0.05) is 0 Å². The zero-order valence-electron chi connectivity index (χ0n) is 7.40. The number of thiophene rings is 1. The van der Waals surface area contributed by atoms with E-state index in [1.165, 1.54) is 23.1 Å². The Morgan fingerprint density at radius 3 is 3.00 bits per heavy atom. The van der Waals surface area contributed by atoms with E-state index in [0.29, 0.717) is 0 Å². The fourth-order valence-electron chi connectivity index (χ4n) is 1.31. The summed E-state index contributed by atoms with van der Waals surface area (Å²) in [7, 11) is 1.97. The minimum atomic E-state index is 0.163. The van der Waals surface area contributed by atoms with Gasteiger partial charge in [-0.2, -0.15) is 0 Å². The number of aryl methyl sites for hydroxylation is 1. The van der Waals surface area contributed by atoms with Crippen molar-refractivity contribution in [2.45, 2.75) is 4.90 Å². The highest BCUT2D eigenvalue weighted by Gasteiger charge is 2.06. The number of pyridine rings is 1. The van der Waals surface area contributed by atoms with Crippen molar-refractivity contribution in [2.24, 2.45) is 7.05 Å². The number of fused-ring (bicyclic) bond motifs is 1. The molecule has 0 amide bonds. The summed E-state index contributed by atoms with van der Waals surface area (Å²) in [6.45, 7) is 0. The first-order chi connectivity index (χ1) is 6.24. The third kappa shape index (κ3) is 1.30. The Bertz CT molecular complexity index is 498. The van der Waals surface area contributed by atoms with Gasteiger partial charge in [-0.05, 0) is 17.7 Å². The first kappa shape index (κ1) is 8.84. The predicted molar refractivity (Wildman–Crippen MR) is 58.8 cm³/mol. The number of aromatic nitrogens is 1. The minimum absolute atomic E-state index is 0.163. The van der Waals surface area contributed by atoms with E-state index in [1.54, 1.807) is 0 Å². The molecule has 0 atom stereocenters. The maximum atomic E-state index is 11.7. The van der Waals surface area contributed by atoms with Crippen molar-refractivity contribution < 1.29 is 0 Å². The summed E-state index contributed by atoms with van der Waals surface area (Å²) in [5.74, 6) is 0. The quantitative estimate of drug-likeness (QED) is 0.675. The molecule has 0 radical (unpaired) electrons. The molecule has 0 aromatic carbocycles. The molecule has 0 aliphatic carbocycles. The summed E-state index contributed by atoms with van der Waals surface area (Å²) < 4.78 is 2.85. The molecule has 0 spiro atoms. The van der Waals surface area contributed by atoms with Gasteiger partial charge in [-0.3, -0.25) is 4.79 Å². The molecule has 0 N–H and O–H groups in total. The number of hydrogen-bond acceptors (Lipinski definition) is 3. The van der Waals surface area contributed by atoms with Crippen molar-refractivity contribution >= 4 is 33.3 Å². The second-order valence-electron chi connectivity index (χ2n) is 2.77. The molecule has 2 aromatic heterocycles. The van der Waals surface area contributed by atoms with E-state index in [4.69, 9.17) is 0 Å². The van der Waals surface area contributed by atoms with Gasteiger partial charge in [-0.15, -0.1) is 23.1 Å². The third-order valence-electron chi connectivity index (χ3n) is 1.99. The van der Waals surface area contributed by atoms with Crippen LogP contribution in [0.3, 0.4) is 0 Å². The van der Waals surface area contributed by atoms with Crippen LogP contribution < -0.4 is 5.43 Å².